The van der Waals surface area contributed by atoms with E-state index >= 15 is 0 Å². The van der Waals surface area contributed by atoms with Crippen LogP contribution in [0.2, 0.25) is 0 Å². The molecule has 1 saturated carbocycles. The van der Waals surface area contributed by atoms with Crippen molar-refractivity contribution in [2.45, 2.75) is 51.2 Å². The van der Waals surface area contributed by atoms with E-state index in [0.717, 1.165) is 0 Å². The number of ketones is 1. The largest absolute Gasteiger partial charge is 0.462 e. The van der Waals surface area contributed by atoms with E-state index in [2.05, 4.69) is 0 Å². The van der Waals surface area contributed by atoms with Gasteiger partial charge in [-0.15, -0.1) is 0 Å². The average molecular weight is 240 g/mol. The van der Waals surface area contributed by atoms with Crippen molar-refractivity contribution in [2.75, 3.05) is 0 Å². The standard InChI is InChI=1S/C12H16O5/c1-7(13)10-5-9(16-8(2)14)6-12(10)4-3-11(15)17-12/h9-10H,3-6H2,1-2H3/t9-,10-,12+/m0/s1. The maximum Gasteiger partial charge on any atom is 0.306 e. The highest BCUT2D eigenvalue weighted by molar-refractivity contribution is 5.82. The van der Waals surface area contributed by atoms with Crippen LogP contribution in [0.4, 0.5) is 0 Å². The molecule has 0 amide bonds. The van der Waals surface area contributed by atoms with Crippen LogP contribution in [-0.2, 0) is 23.9 Å². The predicted octanol–water partition coefficient (Wildman–Crippen LogP) is 0.993. The third-order valence-electron chi connectivity index (χ3n) is 3.60. The summed E-state index contributed by atoms with van der Waals surface area (Å²) < 4.78 is 10.5. The zero-order chi connectivity index (χ0) is 12.6. The molecule has 94 valence electrons. The van der Waals surface area contributed by atoms with Gasteiger partial charge >= 0.3 is 11.9 Å². The van der Waals surface area contributed by atoms with Gasteiger partial charge in [0.1, 0.15) is 17.5 Å². The van der Waals surface area contributed by atoms with Gasteiger partial charge in [-0.1, -0.05) is 0 Å². The molecule has 0 aromatic carbocycles. The minimum atomic E-state index is -0.719. The third-order valence-corrected chi connectivity index (χ3v) is 3.60. The Morgan fingerprint density at radius 2 is 2.12 bits per heavy atom. The zero-order valence-corrected chi connectivity index (χ0v) is 10.0. The molecule has 17 heavy (non-hydrogen) atoms. The number of hydrogen-bond acceptors (Lipinski definition) is 5. The first-order valence-corrected chi connectivity index (χ1v) is 5.82. The monoisotopic (exact) mass is 240 g/mol. The first kappa shape index (κ1) is 12.1. The fraction of sp³-hybridized carbons (Fsp3) is 0.750. The number of carbonyl (C=O) groups excluding carboxylic acids is 3. The summed E-state index contributed by atoms with van der Waals surface area (Å²) in [5, 5.41) is 0. The van der Waals surface area contributed by atoms with Crippen molar-refractivity contribution in [1.29, 1.82) is 0 Å². The summed E-state index contributed by atoms with van der Waals surface area (Å²) in [6.07, 6.45) is 1.49. The Morgan fingerprint density at radius 3 is 2.59 bits per heavy atom. The Labute approximate surface area is 99.5 Å². The van der Waals surface area contributed by atoms with E-state index in [1.165, 1.54) is 13.8 Å². The van der Waals surface area contributed by atoms with Crippen molar-refractivity contribution >= 4 is 17.7 Å². The molecule has 0 N–H and O–H groups in total. The summed E-state index contributed by atoms with van der Waals surface area (Å²) in [7, 11) is 0. The summed E-state index contributed by atoms with van der Waals surface area (Å²) >= 11 is 0. The van der Waals surface area contributed by atoms with Gasteiger partial charge in [-0.25, -0.2) is 0 Å². The number of rotatable bonds is 2. The second-order valence-corrected chi connectivity index (χ2v) is 4.87. The minimum Gasteiger partial charge on any atom is -0.462 e. The highest BCUT2D eigenvalue weighted by Gasteiger charge is 2.56. The van der Waals surface area contributed by atoms with E-state index in [9.17, 15) is 14.4 Å². The Bertz CT molecular complexity index is 375. The molecule has 2 rings (SSSR count). The molecular weight excluding hydrogens is 224 g/mol. The van der Waals surface area contributed by atoms with Crippen LogP contribution in [0, 0.1) is 5.92 Å². The second kappa shape index (κ2) is 4.13. The summed E-state index contributed by atoms with van der Waals surface area (Å²) in [4.78, 5) is 33.8. The first-order valence-electron chi connectivity index (χ1n) is 5.82. The lowest BCUT2D eigenvalue weighted by Gasteiger charge is -2.27. The molecule has 5 nitrogen and oxygen atoms in total. The number of Topliss-reactive ketones (excluding diaryl/α,β-unsaturated/α-hetero) is 1. The number of hydrogen-bond donors (Lipinski definition) is 0. The molecule has 3 atom stereocenters. The van der Waals surface area contributed by atoms with E-state index in [-0.39, 0.29) is 29.7 Å². The van der Waals surface area contributed by atoms with Crippen LogP contribution in [0.15, 0.2) is 0 Å². The van der Waals surface area contributed by atoms with Crippen LogP contribution in [-0.4, -0.2) is 29.4 Å². The van der Waals surface area contributed by atoms with E-state index in [1.807, 2.05) is 0 Å². The lowest BCUT2D eigenvalue weighted by atomic mass is 9.85. The Balaban J connectivity index is 2.16. The Morgan fingerprint density at radius 1 is 1.41 bits per heavy atom. The highest BCUT2D eigenvalue weighted by atomic mass is 16.6. The quantitative estimate of drug-likeness (QED) is 0.673. The zero-order valence-electron chi connectivity index (χ0n) is 10.0. The predicted molar refractivity (Wildman–Crippen MR) is 57.0 cm³/mol. The van der Waals surface area contributed by atoms with Gasteiger partial charge in [0.2, 0.25) is 0 Å². The summed E-state index contributed by atoms with van der Waals surface area (Å²) in [5.41, 5.74) is -0.719. The van der Waals surface area contributed by atoms with Crippen LogP contribution in [0.25, 0.3) is 0 Å². The lowest BCUT2D eigenvalue weighted by molar-refractivity contribution is -0.153. The van der Waals surface area contributed by atoms with E-state index < -0.39 is 5.60 Å². The van der Waals surface area contributed by atoms with Gasteiger partial charge in [0.05, 0.1) is 5.92 Å². The van der Waals surface area contributed by atoms with Gasteiger partial charge in [0.15, 0.2) is 0 Å². The SMILES string of the molecule is CC(=O)O[C@H]1C[C@@H](C(C)=O)[C@@]2(CCC(=O)O2)C1. The lowest BCUT2D eigenvalue weighted by Crippen LogP contribution is -2.37. The summed E-state index contributed by atoms with van der Waals surface area (Å²) in [6.45, 7) is 2.84. The second-order valence-electron chi connectivity index (χ2n) is 4.87. The van der Waals surface area contributed by atoms with Crippen molar-refractivity contribution in [3.05, 3.63) is 0 Å². The van der Waals surface area contributed by atoms with Crippen LogP contribution in [0.5, 0.6) is 0 Å². The van der Waals surface area contributed by atoms with Gasteiger partial charge in [0.25, 0.3) is 0 Å². The van der Waals surface area contributed by atoms with Crippen LogP contribution >= 0.6 is 0 Å². The van der Waals surface area contributed by atoms with Crippen LogP contribution < -0.4 is 0 Å². The van der Waals surface area contributed by atoms with Gasteiger partial charge in [-0.2, -0.15) is 0 Å². The van der Waals surface area contributed by atoms with E-state index in [1.54, 1.807) is 0 Å². The minimum absolute atomic E-state index is 0.00523. The Hall–Kier alpha value is -1.39. The van der Waals surface area contributed by atoms with Crippen molar-refractivity contribution in [3.8, 4) is 0 Å². The normalized spacial score (nSPS) is 36.0. The molecule has 1 spiro atoms. The van der Waals surface area contributed by atoms with Crippen molar-refractivity contribution < 1.29 is 23.9 Å². The van der Waals surface area contributed by atoms with Gasteiger partial charge < -0.3 is 9.47 Å². The molecule has 0 aromatic heterocycles. The maximum atomic E-state index is 11.6. The Kier molecular flexibility index (Phi) is 2.93. The highest BCUT2D eigenvalue weighted by Crippen LogP contribution is 2.47. The molecule has 5 heteroatoms. The summed E-state index contributed by atoms with van der Waals surface area (Å²) in [6, 6.07) is 0. The topological polar surface area (TPSA) is 69.7 Å². The maximum absolute atomic E-state index is 11.6. The van der Waals surface area contributed by atoms with Crippen LogP contribution in [0.1, 0.15) is 39.5 Å². The van der Waals surface area contributed by atoms with Crippen molar-refractivity contribution in [2.24, 2.45) is 5.92 Å². The molecule has 0 radical (unpaired) electrons. The van der Waals surface area contributed by atoms with Crippen molar-refractivity contribution in [1.82, 2.24) is 0 Å². The summed E-state index contributed by atoms with van der Waals surface area (Å²) in [5.74, 6) is -0.967. The molecule has 1 aliphatic carbocycles. The fourth-order valence-corrected chi connectivity index (χ4v) is 2.98. The number of ether oxygens (including phenoxy) is 2. The molecule has 0 unspecified atom stereocenters. The third kappa shape index (κ3) is 2.18. The van der Waals surface area contributed by atoms with Gasteiger partial charge in [0, 0.05) is 19.8 Å². The molecule has 1 heterocycles. The molecule has 2 aliphatic rings. The van der Waals surface area contributed by atoms with Gasteiger partial charge in [-0.05, 0) is 19.8 Å². The number of carbonyl (C=O) groups is 3. The molecule has 2 fully saturated rings. The first-order chi connectivity index (χ1) is 7.93. The van der Waals surface area contributed by atoms with Gasteiger partial charge in [-0.3, -0.25) is 14.4 Å². The molecule has 0 bridgehead atoms. The average Bonchev–Trinajstić information content (AvgIpc) is 2.71. The molecular formula is C12H16O5. The van der Waals surface area contributed by atoms with Crippen molar-refractivity contribution in [3.63, 3.8) is 0 Å². The number of esters is 2. The van der Waals surface area contributed by atoms with E-state index in [4.69, 9.17) is 9.47 Å². The molecule has 1 saturated heterocycles. The van der Waals surface area contributed by atoms with E-state index in [0.29, 0.717) is 25.7 Å². The fourth-order valence-electron chi connectivity index (χ4n) is 2.98. The molecule has 1 aliphatic heterocycles. The smallest absolute Gasteiger partial charge is 0.306 e. The van der Waals surface area contributed by atoms with Crippen LogP contribution in [0.3, 0.4) is 0 Å². The molecule has 0 aromatic rings.